The van der Waals surface area contributed by atoms with Gasteiger partial charge in [0.05, 0.1) is 10.8 Å². The van der Waals surface area contributed by atoms with Crippen molar-refractivity contribution in [3.05, 3.63) is 74.8 Å². The molecule has 0 aromatic heterocycles. The zero-order valence-electron chi connectivity index (χ0n) is 13.3. The van der Waals surface area contributed by atoms with Crippen LogP contribution in [0.25, 0.3) is 0 Å². The second kappa shape index (κ2) is 8.18. The minimum atomic E-state index is -4.58. The second-order valence-corrected chi connectivity index (χ2v) is 5.93. The Balaban J connectivity index is 2.08. The molecule has 2 aromatic rings. The van der Waals surface area contributed by atoms with Gasteiger partial charge in [-0.1, -0.05) is 41.9 Å². The molecule has 0 radical (unpaired) electrons. The van der Waals surface area contributed by atoms with Gasteiger partial charge in [-0.2, -0.15) is 13.2 Å². The molecule has 26 heavy (non-hydrogen) atoms. The molecule has 0 saturated carbocycles. The van der Waals surface area contributed by atoms with E-state index < -0.39 is 29.3 Å². The lowest BCUT2D eigenvalue weighted by Crippen LogP contribution is -2.30. The van der Waals surface area contributed by atoms with E-state index in [0.717, 1.165) is 0 Å². The van der Waals surface area contributed by atoms with Gasteiger partial charge in [0.1, 0.15) is 0 Å². The van der Waals surface area contributed by atoms with E-state index in [2.05, 4.69) is 5.32 Å². The lowest BCUT2D eigenvalue weighted by atomic mass is 9.95. The minimum absolute atomic E-state index is 0.0106. The third-order valence-corrected chi connectivity index (χ3v) is 4.07. The van der Waals surface area contributed by atoms with E-state index in [1.165, 1.54) is 42.5 Å². The van der Waals surface area contributed by atoms with Crippen LogP contribution in [0.4, 0.5) is 18.9 Å². The van der Waals surface area contributed by atoms with Crippen LogP contribution in [0.2, 0.25) is 5.02 Å². The molecule has 0 saturated heterocycles. The van der Waals surface area contributed by atoms with Crippen molar-refractivity contribution in [1.29, 1.82) is 0 Å². The van der Waals surface area contributed by atoms with Crippen LogP contribution in [-0.4, -0.2) is 17.0 Å². The van der Waals surface area contributed by atoms with Gasteiger partial charge >= 0.3 is 6.18 Å². The molecule has 9 heteroatoms. The van der Waals surface area contributed by atoms with E-state index in [-0.39, 0.29) is 28.4 Å². The number of rotatable bonds is 6. The summed E-state index contributed by atoms with van der Waals surface area (Å²) >= 11 is 5.90. The third-order valence-electron chi connectivity index (χ3n) is 3.70. The topological polar surface area (TPSA) is 72.2 Å². The number of carbonyl (C=O) groups excluding carboxylic acids is 1. The maximum Gasteiger partial charge on any atom is 0.396 e. The Labute approximate surface area is 151 Å². The van der Waals surface area contributed by atoms with Crippen LogP contribution < -0.4 is 5.32 Å². The largest absolute Gasteiger partial charge is 0.396 e. The summed E-state index contributed by atoms with van der Waals surface area (Å²) in [5.41, 5.74) is 0.0112. The van der Waals surface area contributed by atoms with Crippen molar-refractivity contribution in [2.45, 2.75) is 25.1 Å². The molecule has 0 heterocycles. The fourth-order valence-electron chi connectivity index (χ4n) is 2.37. The SMILES string of the molecule is O=C(CC(c1ccccc1)C(F)(F)F)NCc1cc([N+](=O)[O-])ccc1Cl. The first-order valence-electron chi connectivity index (χ1n) is 7.49. The number of benzene rings is 2. The Hall–Kier alpha value is -2.61. The Morgan fingerprint density at radius 1 is 1.19 bits per heavy atom. The number of non-ortho nitro benzene ring substituents is 1. The van der Waals surface area contributed by atoms with Crippen LogP contribution in [0.5, 0.6) is 0 Å². The molecular weight excluding hydrogens is 373 g/mol. The molecule has 5 nitrogen and oxygen atoms in total. The van der Waals surface area contributed by atoms with Crippen molar-refractivity contribution in [2.75, 3.05) is 0 Å². The molecule has 0 aliphatic heterocycles. The first kappa shape index (κ1) is 19.7. The van der Waals surface area contributed by atoms with Crippen molar-refractivity contribution in [3.63, 3.8) is 0 Å². The maximum absolute atomic E-state index is 13.3. The van der Waals surface area contributed by atoms with Crippen molar-refractivity contribution < 1.29 is 22.9 Å². The maximum atomic E-state index is 13.3. The standard InChI is InChI=1S/C17H14ClF3N2O3/c18-15-7-6-13(23(25)26)8-12(15)10-22-16(24)9-14(17(19,20)21)11-4-2-1-3-5-11/h1-8,14H,9-10H2,(H,22,24). The quantitative estimate of drug-likeness (QED) is 0.582. The van der Waals surface area contributed by atoms with E-state index in [4.69, 9.17) is 11.6 Å². The minimum Gasteiger partial charge on any atom is -0.352 e. The van der Waals surface area contributed by atoms with Crippen LogP contribution in [0.1, 0.15) is 23.5 Å². The van der Waals surface area contributed by atoms with Crippen LogP contribution in [0, 0.1) is 10.1 Å². The van der Waals surface area contributed by atoms with E-state index in [9.17, 15) is 28.1 Å². The van der Waals surface area contributed by atoms with Gasteiger partial charge in [-0.05, 0) is 17.2 Å². The zero-order chi connectivity index (χ0) is 19.3. The van der Waals surface area contributed by atoms with Gasteiger partial charge in [0.15, 0.2) is 0 Å². The second-order valence-electron chi connectivity index (χ2n) is 5.52. The molecule has 1 N–H and O–H groups in total. The Morgan fingerprint density at radius 3 is 2.42 bits per heavy atom. The van der Waals surface area contributed by atoms with Crippen LogP contribution in [0.3, 0.4) is 0 Å². The molecule has 0 spiro atoms. The zero-order valence-corrected chi connectivity index (χ0v) is 14.1. The number of carbonyl (C=O) groups is 1. The average Bonchev–Trinajstić information content (AvgIpc) is 2.58. The summed E-state index contributed by atoms with van der Waals surface area (Å²) in [6.07, 6.45) is -5.37. The number of nitro benzene ring substituents is 1. The first-order valence-corrected chi connectivity index (χ1v) is 7.87. The molecular formula is C17H14ClF3N2O3. The smallest absolute Gasteiger partial charge is 0.352 e. The molecule has 2 aromatic carbocycles. The van der Waals surface area contributed by atoms with Gasteiger partial charge < -0.3 is 5.32 Å². The highest BCUT2D eigenvalue weighted by Crippen LogP contribution is 2.37. The third kappa shape index (κ3) is 5.19. The van der Waals surface area contributed by atoms with E-state index in [1.807, 2.05) is 0 Å². The summed E-state index contributed by atoms with van der Waals surface area (Å²) in [4.78, 5) is 22.1. The van der Waals surface area contributed by atoms with Crippen LogP contribution >= 0.6 is 11.6 Å². The lowest BCUT2D eigenvalue weighted by Gasteiger charge is -2.20. The number of hydrogen-bond donors (Lipinski definition) is 1. The highest BCUT2D eigenvalue weighted by atomic mass is 35.5. The van der Waals surface area contributed by atoms with Gasteiger partial charge in [0.25, 0.3) is 5.69 Å². The number of halogens is 4. The molecule has 1 atom stereocenters. The number of amides is 1. The molecule has 0 fully saturated rings. The number of hydrogen-bond acceptors (Lipinski definition) is 3. The molecule has 1 unspecified atom stereocenters. The number of nitrogens with zero attached hydrogens (tertiary/aromatic N) is 1. The molecule has 0 aliphatic carbocycles. The highest BCUT2D eigenvalue weighted by molar-refractivity contribution is 6.31. The fraction of sp³-hybridized carbons (Fsp3) is 0.235. The normalized spacial score (nSPS) is 12.5. The summed E-state index contributed by atoms with van der Waals surface area (Å²) in [5.74, 6) is -2.77. The van der Waals surface area contributed by atoms with Gasteiger partial charge in [0.2, 0.25) is 5.91 Å². The predicted octanol–water partition coefficient (Wildman–Crippen LogP) is 4.60. The van der Waals surface area contributed by atoms with Gasteiger partial charge in [-0.3, -0.25) is 14.9 Å². The Kier molecular flexibility index (Phi) is 6.20. The summed E-state index contributed by atoms with van der Waals surface area (Å²) < 4.78 is 39.8. The molecule has 138 valence electrons. The molecule has 2 rings (SSSR count). The number of nitro groups is 1. The van der Waals surface area contributed by atoms with Gasteiger partial charge in [-0.15, -0.1) is 0 Å². The van der Waals surface area contributed by atoms with Crippen LogP contribution in [-0.2, 0) is 11.3 Å². The fourth-order valence-corrected chi connectivity index (χ4v) is 2.55. The van der Waals surface area contributed by atoms with Crippen molar-refractivity contribution in [3.8, 4) is 0 Å². The van der Waals surface area contributed by atoms with E-state index in [0.29, 0.717) is 0 Å². The number of nitrogens with one attached hydrogen (secondary N) is 1. The molecule has 0 bridgehead atoms. The predicted molar refractivity (Wildman–Crippen MR) is 89.8 cm³/mol. The number of alkyl halides is 3. The molecule has 1 amide bonds. The van der Waals surface area contributed by atoms with Crippen molar-refractivity contribution in [1.82, 2.24) is 5.32 Å². The van der Waals surface area contributed by atoms with Crippen LogP contribution in [0.15, 0.2) is 48.5 Å². The summed E-state index contributed by atoms with van der Waals surface area (Å²) in [6, 6.07) is 10.8. The Morgan fingerprint density at radius 2 is 1.85 bits per heavy atom. The average molecular weight is 387 g/mol. The van der Waals surface area contributed by atoms with Gasteiger partial charge in [0, 0.05) is 30.1 Å². The van der Waals surface area contributed by atoms with Crippen molar-refractivity contribution in [2.24, 2.45) is 0 Å². The van der Waals surface area contributed by atoms with Crippen molar-refractivity contribution >= 4 is 23.2 Å². The Bertz CT molecular complexity index is 798. The van der Waals surface area contributed by atoms with E-state index in [1.54, 1.807) is 6.07 Å². The summed E-state index contributed by atoms with van der Waals surface area (Å²) in [7, 11) is 0. The summed E-state index contributed by atoms with van der Waals surface area (Å²) in [5, 5.41) is 13.3. The first-order chi connectivity index (χ1) is 12.2. The lowest BCUT2D eigenvalue weighted by molar-refractivity contribution is -0.384. The highest BCUT2D eigenvalue weighted by Gasteiger charge is 2.41. The van der Waals surface area contributed by atoms with Gasteiger partial charge in [-0.25, -0.2) is 0 Å². The monoisotopic (exact) mass is 386 g/mol. The van der Waals surface area contributed by atoms with E-state index >= 15 is 0 Å². The molecule has 0 aliphatic rings. The summed E-state index contributed by atoms with van der Waals surface area (Å²) in [6.45, 7) is -0.210.